The van der Waals surface area contributed by atoms with Crippen LogP contribution in [-0.2, 0) is 11.4 Å². The molecule has 0 aliphatic heterocycles. The number of benzene rings is 2. The van der Waals surface area contributed by atoms with Gasteiger partial charge < -0.3 is 35.1 Å². The van der Waals surface area contributed by atoms with Crippen LogP contribution in [0.3, 0.4) is 0 Å². The van der Waals surface area contributed by atoms with E-state index in [1.807, 2.05) is 50.1 Å². The topological polar surface area (TPSA) is 150 Å². The first-order chi connectivity index (χ1) is 22.3. The average molecular weight is 646 g/mol. The maximum Gasteiger partial charge on any atom is 0.142 e. The molecule has 242 valence electrons. The summed E-state index contributed by atoms with van der Waals surface area (Å²) in [6, 6.07) is 15.3. The zero-order valence-corrected chi connectivity index (χ0v) is 26.9. The molecule has 5 rings (SSSR count). The molecular weight excluding hydrogens is 606 g/mol. The van der Waals surface area contributed by atoms with Crippen LogP contribution in [0.1, 0.15) is 55.3 Å². The Bertz CT molecular complexity index is 1670. The largest absolute Gasteiger partial charge is 0.495 e. The number of rotatable bonds is 12. The highest BCUT2D eigenvalue weighted by atomic mass is 35.5. The lowest BCUT2D eigenvalue weighted by Crippen LogP contribution is -2.32. The maximum absolute atomic E-state index is 9.99. The van der Waals surface area contributed by atoms with E-state index in [9.17, 15) is 15.5 Å². The van der Waals surface area contributed by atoms with E-state index in [4.69, 9.17) is 25.9 Å². The van der Waals surface area contributed by atoms with Gasteiger partial charge in [-0.1, -0.05) is 17.7 Å². The van der Waals surface area contributed by atoms with Crippen LogP contribution in [0.4, 0.5) is 17.1 Å². The van der Waals surface area contributed by atoms with Gasteiger partial charge in [0.2, 0.25) is 0 Å². The van der Waals surface area contributed by atoms with Gasteiger partial charge in [-0.15, -0.1) is 0 Å². The number of nitrogens with zero attached hydrogens (tertiary/aromatic N) is 3. The van der Waals surface area contributed by atoms with Crippen LogP contribution in [0.5, 0.6) is 11.5 Å². The monoisotopic (exact) mass is 645 g/mol. The number of hydrogen-bond acceptors (Lipinski definition) is 10. The average Bonchev–Trinajstić information content (AvgIpc) is 3.07. The van der Waals surface area contributed by atoms with Crippen molar-refractivity contribution in [2.45, 2.75) is 58.2 Å². The minimum Gasteiger partial charge on any atom is -0.495 e. The van der Waals surface area contributed by atoms with E-state index in [2.05, 4.69) is 26.7 Å². The molecule has 0 bridgehead atoms. The molecule has 1 fully saturated rings. The quantitative estimate of drug-likeness (QED) is 0.131. The van der Waals surface area contributed by atoms with E-state index in [0.717, 1.165) is 55.5 Å². The van der Waals surface area contributed by atoms with Crippen molar-refractivity contribution in [1.29, 1.82) is 5.26 Å². The predicted octanol–water partition coefficient (Wildman–Crippen LogP) is 6.72. The number of aliphatic hydroxyl groups excluding tert-OH is 2. The van der Waals surface area contributed by atoms with Crippen molar-refractivity contribution in [3.8, 4) is 17.6 Å². The predicted molar refractivity (Wildman–Crippen MR) is 180 cm³/mol. The van der Waals surface area contributed by atoms with Crippen LogP contribution in [0.15, 0.2) is 54.9 Å². The smallest absolute Gasteiger partial charge is 0.142 e. The zero-order valence-electron chi connectivity index (χ0n) is 26.2. The second-order valence-corrected chi connectivity index (χ2v) is 11.8. The maximum atomic E-state index is 9.99. The summed E-state index contributed by atoms with van der Waals surface area (Å²) in [6.07, 6.45) is 7.98. The fraction of sp³-hybridized carbons (Fsp3) is 0.371. The summed E-state index contributed by atoms with van der Waals surface area (Å²) in [5.74, 6) is 1.22. The van der Waals surface area contributed by atoms with Crippen molar-refractivity contribution in [3.05, 3.63) is 76.7 Å². The molecule has 0 radical (unpaired) electrons. The summed E-state index contributed by atoms with van der Waals surface area (Å²) < 4.78 is 11.7. The first-order valence-corrected chi connectivity index (χ1v) is 15.5. The van der Waals surface area contributed by atoms with Crippen molar-refractivity contribution < 1.29 is 24.5 Å². The molecule has 1 saturated carbocycles. The number of aliphatic hydroxyl groups is 2. The van der Waals surface area contributed by atoms with E-state index < -0.39 is 0 Å². The number of nitrogens with one attached hydrogen (secondary N) is 2. The molecule has 2 aromatic carbocycles. The van der Waals surface area contributed by atoms with Crippen LogP contribution in [0, 0.1) is 23.7 Å². The summed E-state index contributed by atoms with van der Waals surface area (Å²) in [6.45, 7) is 5.14. The second kappa shape index (κ2) is 16.2. The highest BCUT2D eigenvalue weighted by Gasteiger charge is 2.34. The summed E-state index contributed by atoms with van der Waals surface area (Å²) in [5.41, 5.74) is 4.95. The first kappa shape index (κ1) is 34.4. The van der Waals surface area contributed by atoms with E-state index in [1.165, 1.54) is 0 Å². The number of fused-ring (bicyclic) bond motifs is 1. The van der Waals surface area contributed by atoms with E-state index in [0.29, 0.717) is 57.5 Å². The van der Waals surface area contributed by atoms with Crippen molar-refractivity contribution in [1.82, 2.24) is 9.97 Å². The molecule has 0 unspecified atom stereocenters. The lowest BCUT2D eigenvalue weighted by molar-refractivity contribution is -0.0980. The Hall–Kier alpha value is -4.43. The van der Waals surface area contributed by atoms with Crippen molar-refractivity contribution in [2.24, 2.45) is 5.41 Å². The lowest BCUT2D eigenvalue weighted by Gasteiger charge is -2.39. The third-order valence-corrected chi connectivity index (χ3v) is 8.94. The Morgan fingerprint density at radius 2 is 1.91 bits per heavy atom. The number of pyridine rings is 2. The van der Waals surface area contributed by atoms with Crippen LogP contribution in [0.2, 0.25) is 5.02 Å². The molecule has 0 atom stereocenters. The molecule has 1 aliphatic rings. The molecule has 4 aromatic rings. The molecule has 11 heteroatoms. The van der Waals surface area contributed by atoms with Gasteiger partial charge in [0, 0.05) is 37.0 Å². The summed E-state index contributed by atoms with van der Waals surface area (Å²) in [5, 5.41) is 37.6. The standard InChI is InChI=1S/C34H38ClN5O4.CH2O/c1-22-4-3-13-37-31(22)21-44-25-5-6-28(27(35)16-25)40-33-23(19-36)20-39-29-18-30(32(43-2)17-26(29)33)38-14-11-34(12-15-41)9-7-24(42)8-10-34;1-2/h3-6,13,16-18,20,24,38,41-42H,7-12,14-15,21H2,1-2H3,(H,39,40);1H2. The summed E-state index contributed by atoms with van der Waals surface area (Å²) in [4.78, 5) is 16.9. The molecule has 0 spiro atoms. The number of halogens is 1. The molecule has 0 amide bonds. The number of ether oxygens (including phenoxy) is 2. The molecular formula is C35H40ClN5O5. The van der Waals surface area contributed by atoms with Crippen LogP contribution < -0.4 is 20.1 Å². The number of nitriles is 1. The van der Waals surface area contributed by atoms with Gasteiger partial charge in [-0.05, 0) is 86.8 Å². The minimum absolute atomic E-state index is 0.0132. The number of hydrogen-bond donors (Lipinski definition) is 4. The molecule has 2 aromatic heterocycles. The van der Waals surface area contributed by atoms with Gasteiger partial charge in [0.15, 0.2) is 0 Å². The van der Waals surface area contributed by atoms with Gasteiger partial charge in [-0.2, -0.15) is 5.26 Å². The minimum atomic E-state index is -0.245. The number of methoxy groups -OCH3 is 1. The third-order valence-electron chi connectivity index (χ3n) is 8.63. The Morgan fingerprint density at radius 3 is 2.59 bits per heavy atom. The molecule has 46 heavy (non-hydrogen) atoms. The molecule has 0 saturated heterocycles. The third kappa shape index (κ3) is 8.23. The number of aromatic nitrogens is 2. The Kier molecular flexibility index (Phi) is 12.1. The van der Waals surface area contributed by atoms with Gasteiger partial charge in [0.25, 0.3) is 0 Å². The Balaban J connectivity index is 0.00000235. The van der Waals surface area contributed by atoms with Crippen LogP contribution >= 0.6 is 11.6 Å². The fourth-order valence-electron chi connectivity index (χ4n) is 5.93. The normalized spacial score (nSPS) is 17.3. The summed E-state index contributed by atoms with van der Waals surface area (Å²) in [7, 11) is 1.61. The SMILES string of the molecule is C=O.COc1cc2c(Nc3ccc(OCc4ncccc4C)cc3Cl)c(C#N)cnc2cc1NCCC1(CCO)CCC(O)CC1. The van der Waals surface area contributed by atoms with E-state index >= 15 is 0 Å². The van der Waals surface area contributed by atoms with E-state index in [1.54, 1.807) is 25.6 Å². The highest BCUT2D eigenvalue weighted by molar-refractivity contribution is 6.33. The van der Waals surface area contributed by atoms with Gasteiger partial charge in [0.05, 0.1) is 52.1 Å². The van der Waals surface area contributed by atoms with Gasteiger partial charge in [-0.25, -0.2) is 0 Å². The second-order valence-electron chi connectivity index (χ2n) is 11.4. The lowest BCUT2D eigenvalue weighted by atomic mass is 9.69. The zero-order chi connectivity index (χ0) is 33.1. The highest BCUT2D eigenvalue weighted by Crippen LogP contribution is 2.43. The fourth-order valence-corrected chi connectivity index (χ4v) is 6.15. The first-order valence-electron chi connectivity index (χ1n) is 15.2. The van der Waals surface area contributed by atoms with Crippen molar-refractivity contribution in [3.63, 3.8) is 0 Å². The van der Waals surface area contributed by atoms with E-state index in [-0.39, 0.29) is 18.1 Å². The Morgan fingerprint density at radius 1 is 1.13 bits per heavy atom. The number of carbonyl (C=O) groups excluding carboxylic acids is 1. The number of carbonyl (C=O) groups is 1. The van der Waals surface area contributed by atoms with Crippen molar-refractivity contribution >= 4 is 46.4 Å². The van der Waals surface area contributed by atoms with Gasteiger partial charge >= 0.3 is 0 Å². The summed E-state index contributed by atoms with van der Waals surface area (Å²) >= 11 is 6.66. The molecule has 4 N–H and O–H groups in total. The van der Waals surface area contributed by atoms with Crippen molar-refractivity contribution in [2.75, 3.05) is 30.9 Å². The van der Waals surface area contributed by atoms with Crippen LogP contribution in [-0.4, -0.2) is 53.3 Å². The van der Waals surface area contributed by atoms with Gasteiger partial charge in [-0.3, -0.25) is 9.97 Å². The number of aryl methyl sites for hydroxylation is 1. The number of anilines is 3. The van der Waals surface area contributed by atoms with Crippen LogP contribution in [0.25, 0.3) is 10.9 Å². The molecule has 1 aliphatic carbocycles. The Labute approximate surface area is 274 Å². The molecule has 2 heterocycles. The molecule has 10 nitrogen and oxygen atoms in total. The van der Waals surface area contributed by atoms with Gasteiger partial charge in [0.1, 0.15) is 31.0 Å².